The summed E-state index contributed by atoms with van der Waals surface area (Å²) in [5, 5.41) is 8.33. The van der Waals surface area contributed by atoms with Gasteiger partial charge >= 0.3 is 5.97 Å². The van der Waals surface area contributed by atoms with Gasteiger partial charge < -0.3 is 14.6 Å². The van der Waals surface area contributed by atoms with Crippen molar-refractivity contribution in [3.63, 3.8) is 0 Å². The summed E-state index contributed by atoms with van der Waals surface area (Å²) in [6.07, 6.45) is 1.35. The molecule has 0 amide bonds. The highest BCUT2D eigenvalue weighted by Crippen LogP contribution is 1.93. The molecule has 0 atom stereocenters. The average Bonchev–Trinajstić information content (AvgIpc) is 2.01. The summed E-state index contributed by atoms with van der Waals surface area (Å²) in [4.78, 5) is 10.8. The van der Waals surface area contributed by atoms with Crippen LogP contribution in [0.2, 0.25) is 0 Å². The summed E-state index contributed by atoms with van der Waals surface area (Å²) in [6.45, 7) is 2.07. The molecular weight excluding hydrogens is 160 g/mol. The number of aliphatic hydroxyl groups excluding tert-OH is 1. The normalized spacial score (nSPS) is 11.4. The third kappa shape index (κ3) is 5.88. The van der Waals surface area contributed by atoms with Crippen LogP contribution in [0.1, 0.15) is 6.92 Å². The Morgan fingerprint density at radius 3 is 2.75 bits per heavy atom. The van der Waals surface area contributed by atoms with Gasteiger partial charge in [0, 0.05) is 13.2 Å². The first-order chi connectivity index (χ1) is 5.70. The van der Waals surface area contributed by atoms with Gasteiger partial charge in [-0.2, -0.15) is 0 Å². The number of carbonyl (C=O) groups excluding carboxylic acids is 1. The van der Waals surface area contributed by atoms with Crippen LogP contribution in [0, 0.1) is 0 Å². The zero-order chi connectivity index (χ0) is 9.40. The first kappa shape index (κ1) is 11.1. The molecule has 0 aromatic heterocycles. The first-order valence-electron chi connectivity index (χ1n) is 3.64. The summed E-state index contributed by atoms with van der Waals surface area (Å²) in [6, 6.07) is 0. The van der Waals surface area contributed by atoms with E-state index in [2.05, 4.69) is 4.74 Å². The van der Waals surface area contributed by atoms with E-state index in [9.17, 15) is 4.79 Å². The molecule has 0 aromatic carbocycles. The molecule has 0 aliphatic carbocycles. The van der Waals surface area contributed by atoms with Crippen molar-refractivity contribution in [3.05, 3.63) is 11.6 Å². The predicted molar refractivity (Wildman–Crippen MR) is 43.7 cm³/mol. The molecule has 0 spiro atoms. The second-order valence-electron chi connectivity index (χ2n) is 2.31. The van der Waals surface area contributed by atoms with E-state index in [1.807, 2.05) is 0 Å². The van der Waals surface area contributed by atoms with E-state index in [0.29, 0.717) is 6.61 Å². The molecule has 0 heterocycles. The number of ether oxygens (including phenoxy) is 2. The van der Waals surface area contributed by atoms with Gasteiger partial charge in [0.1, 0.15) is 6.61 Å². The number of rotatable bonds is 5. The van der Waals surface area contributed by atoms with Crippen LogP contribution in [0.4, 0.5) is 0 Å². The second-order valence-corrected chi connectivity index (χ2v) is 2.31. The van der Waals surface area contributed by atoms with Crippen molar-refractivity contribution in [2.45, 2.75) is 6.92 Å². The number of methoxy groups -OCH3 is 1. The molecule has 4 nitrogen and oxygen atoms in total. The summed E-state index contributed by atoms with van der Waals surface area (Å²) >= 11 is 0. The molecule has 0 radical (unpaired) electrons. The van der Waals surface area contributed by atoms with E-state index in [1.165, 1.54) is 6.08 Å². The van der Waals surface area contributed by atoms with Crippen LogP contribution in [0.25, 0.3) is 0 Å². The molecule has 0 fully saturated rings. The lowest BCUT2D eigenvalue weighted by molar-refractivity contribution is -0.138. The summed E-state index contributed by atoms with van der Waals surface area (Å²) in [5.74, 6) is -0.446. The van der Waals surface area contributed by atoms with Gasteiger partial charge in [-0.15, -0.1) is 0 Å². The highest BCUT2D eigenvalue weighted by molar-refractivity contribution is 5.82. The van der Waals surface area contributed by atoms with Gasteiger partial charge in [-0.3, -0.25) is 0 Å². The molecule has 0 aromatic rings. The van der Waals surface area contributed by atoms with Crippen LogP contribution in [-0.2, 0) is 14.3 Å². The van der Waals surface area contributed by atoms with E-state index >= 15 is 0 Å². The van der Waals surface area contributed by atoms with E-state index in [0.717, 1.165) is 5.57 Å². The van der Waals surface area contributed by atoms with Crippen molar-refractivity contribution in [2.24, 2.45) is 0 Å². The molecule has 4 heteroatoms. The van der Waals surface area contributed by atoms with Crippen LogP contribution < -0.4 is 0 Å². The second kappa shape index (κ2) is 6.82. The van der Waals surface area contributed by atoms with Gasteiger partial charge in [0.2, 0.25) is 0 Å². The third-order valence-electron chi connectivity index (χ3n) is 1.07. The lowest BCUT2D eigenvalue weighted by Crippen LogP contribution is -2.06. The van der Waals surface area contributed by atoms with Gasteiger partial charge in [0.05, 0.1) is 13.2 Å². The van der Waals surface area contributed by atoms with Crippen LogP contribution in [0.5, 0.6) is 0 Å². The minimum atomic E-state index is -0.446. The number of carbonyl (C=O) groups is 1. The quantitative estimate of drug-likeness (QED) is 0.475. The minimum Gasteiger partial charge on any atom is -0.460 e. The van der Waals surface area contributed by atoms with Gasteiger partial charge in [-0.05, 0) is 12.5 Å². The zero-order valence-electron chi connectivity index (χ0n) is 7.37. The first-order valence-corrected chi connectivity index (χ1v) is 3.64. The average molecular weight is 174 g/mol. The molecular formula is C8H14O4. The van der Waals surface area contributed by atoms with Gasteiger partial charge in [0.25, 0.3) is 0 Å². The van der Waals surface area contributed by atoms with Crippen molar-refractivity contribution in [3.8, 4) is 0 Å². The molecule has 0 saturated heterocycles. The third-order valence-corrected chi connectivity index (χ3v) is 1.07. The van der Waals surface area contributed by atoms with E-state index in [-0.39, 0.29) is 13.2 Å². The standard InChI is InChI=1S/C8H14O4/c1-7(6-11-2)5-8(10)12-4-3-9/h5,9H,3-4,6H2,1-2H3. The van der Waals surface area contributed by atoms with Crippen molar-refractivity contribution in [2.75, 3.05) is 26.9 Å². The Labute approximate surface area is 71.8 Å². The van der Waals surface area contributed by atoms with Crippen LogP contribution in [-0.4, -0.2) is 38.0 Å². The van der Waals surface area contributed by atoms with E-state index < -0.39 is 5.97 Å². The van der Waals surface area contributed by atoms with Crippen LogP contribution in [0.3, 0.4) is 0 Å². The maximum Gasteiger partial charge on any atom is 0.330 e. The van der Waals surface area contributed by atoms with Crippen molar-refractivity contribution >= 4 is 5.97 Å². The molecule has 1 N–H and O–H groups in total. The van der Waals surface area contributed by atoms with E-state index in [1.54, 1.807) is 14.0 Å². The summed E-state index contributed by atoms with van der Waals surface area (Å²) in [5.41, 5.74) is 0.792. The molecule has 0 rings (SSSR count). The Balaban J connectivity index is 3.71. The zero-order valence-corrected chi connectivity index (χ0v) is 7.37. The molecule has 0 saturated carbocycles. The van der Waals surface area contributed by atoms with Crippen molar-refractivity contribution < 1.29 is 19.4 Å². The summed E-state index contributed by atoms with van der Waals surface area (Å²) < 4.78 is 9.37. The van der Waals surface area contributed by atoms with Crippen LogP contribution >= 0.6 is 0 Å². The van der Waals surface area contributed by atoms with Crippen molar-refractivity contribution in [1.29, 1.82) is 0 Å². The largest absolute Gasteiger partial charge is 0.460 e. The summed E-state index contributed by atoms with van der Waals surface area (Å²) in [7, 11) is 1.55. The molecule has 0 aliphatic heterocycles. The molecule has 12 heavy (non-hydrogen) atoms. The monoisotopic (exact) mass is 174 g/mol. The Morgan fingerprint density at radius 2 is 2.25 bits per heavy atom. The van der Waals surface area contributed by atoms with Gasteiger partial charge in [-0.25, -0.2) is 4.79 Å². The van der Waals surface area contributed by atoms with Gasteiger partial charge in [0.15, 0.2) is 0 Å². The molecule has 0 unspecified atom stereocenters. The fourth-order valence-corrected chi connectivity index (χ4v) is 0.658. The SMILES string of the molecule is COCC(C)=CC(=O)OCCO. The fraction of sp³-hybridized carbons (Fsp3) is 0.625. The maximum absolute atomic E-state index is 10.8. The highest BCUT2D eigenvalue weighted by atomic mass is 16.5. The minimum absolute atomic E-state index is 0.0373. The lowest BCUT2D eigenvalue weighted by Gasteiger charge is -2.00. The molecule has 70 valence electrons. The number of hydrogen-bond donors (Lipinski definition) is 1. The molecule has 0 bridgehead atoms. The maximum atomic E-state index is 10.8. The Bertz CT molecular complexity index is 162. The smallest absolute Gasteiger partial charge is 0.330 e. The number of esters is 1. The fourth-order valence-electron chi connectivity index (χ4n) is 0.658. The Hall–Kier alpha value is -0.870. The van der Waals surface area contributed by atoms with Gasteiger partial charge in [-0.1, -0.05) is 0 Å². The number of aliphatic hydroxyl groups is 1. The predicted octanol–water partition coefficient (Wildman–Crippen LogP) is 0.115. The van der Waals surface area contributed by atoms with E-state index in [4.69, 9.17) is 9.84 Å². The van der Waals surface area contributed by atoms with Crippen molar-refractivity contribution in [1.82, 2.24) is 0 Å². The topological polar surface area (TPSA) is 55.8 Å². The lowest BCUT2D eigenvalue weighted by atomic mass is 10.3. The molecule has 0 aliphatic rings. The highest BCUT2D eigenvalue weighted by Gasteiger charge is 1.97. The Morgan fingerprint density at radius 1 is 1.58 bits per heavy atom. The van der Waals surface area contributed by atoms with Crippen LogP contribution in [0.15, 0.2) is 11.6 Å². The number of hydrogen-bond acceptors (Lipinski definition) is 4. The Kier molecular flexibility index (Phi) is 6.32.